The van der Waals surface area contributed by atoms with Crippen LogP contribution in [0.25, 0.3) is 0 Å². The van der Waals surface area contributed by atoms with Crippen LogP contribution in [-0.2, 0) is 4.79 Å². The SMILES string of the molecule is O=C1CN=C(c2ccccc2)S1. The van der Waals surface area contributed by atoms with Crippen LogP contribution in [0.15, 0.2) is 35.3 Å². The molecule has 1 aromatic rings. The van der Waals surface area contributed by atoms with Gasteiger partial charge in [-0.2, -0.15) is 0 Å². The van der Waals surface area contributed by atoms with E-state index >= 15 is 0 Å². The minimum atomic E-state index is 0.133. The topological polar surface area (TPSA) is 29.4 Å². The Kier molecular flexibility index (Phi) is 1.96. The molecule has 0 N–H and O–H groups in total. The van der Waals surface area contributed by atoms with Crippen molar-refractivity contribution in [3.63, 3.8) is 0 Å². The first-order valence-corrected chi connectivity index (χ1v) is 4.48. The Morgan fingerprint density at radius 1 is 1.25 bits per heavy atom. The molecule has 0 amide bonds. The summed E-state index contributed by atoms with van der Waals surface area (Å²) in [5.74, 6) is 0. The van der Waals surface area contributed by atoms with Crippen molar-refractivity contribution in [2.45, 2.75) is 0 Å². The molecular weight excluding hydrogens is 170 g/mol. The lowest BCUT2D eigenvalue weighted by Gasteiger charge is -1.95. The summed E-state index contributed by atoms with van der Waals surface area (Å²) < 4.78 is 0. The van der Waals surface area contributed by atoms with Gasteiger partial charge in [-0.05, 0) is 11.8 Å². The van der Waals surface area contributed by atoms with E-state index in [1.54, 1.807) is 0 Å². The van der Waals surface area contributed by atoms with Crippen molar-refractivity contribution in [2.75, 3.05) is 6.54 Å². The summed E-state index contributed by atoms with van der Waals surface area (Å²) in [5.41, 5.74) is 1.04. The van der Waals surface area contributed by atoms with Crippen LogP contribution in [0.5, 0.6) is 0 Å². The van der Waals surface area contributed by atoms with Gasteiger partial charge in [0.1, 0.15) is 11.6 Å². The summed E-state index contributed by atoms with van der Waals surface area (Å²) in [6, 6.07) is 9.77. The molecule has 0 spiro atoms. The molecule has 1 aliphatic rings. The fraction of sp³-hybridized carbons (Fsp3) is 0.111. The van der Waals surface area contributed by atoms with Gasteiger partial charge in [0.25, 0.3) is 0 Å². The molecule has 1 aromatic carbocycles. The second-order valence-corrected chi connectivity index (χ2v) is 3.51. The van der Waals surface area contributed by atoms with Crippen LogP contribution in [-0.4, -0.2) is 16.7 Å². The third kappa shape index (κ3) is 1.41. The molecule has 0 bridgehead atoms. The van der Waals surface area contributed by atoms with Crippen molar-refractivity contribution in [1.29, 1.82) is 0 Å². The van der Waals surface area contributed by atoms with E-state index in [4.69, 9.17) is 0 Å². The molecule has 3 heteroatoms. The van der Waals surface area contributed by atoms with E-state index in [0.717, 1.165) is 10.6 Å². The molecule has 60 valence electrons. The van der Waals surface area contributed by atoms with Crippen molar-refractivity contribution in [2.24, 2.45) is 4.99 Å². The molecule has 2 rings (SSSR count). The molecule has 2 nitrogen and oxygen atoms in total. The number of thioether (sulfide) groups is 1. The lowest BCUT2D eigenvalue weighted by molar-refractivity contribution is -0.109. The molecule has 1 aliphatic heterocycles. The van der Waals surface area contributed by atoms with E-state index in [2.05, 4.69) is 4.99 Å². The maximum atomic E-state index is 10.9. The Morgan fingerprint density at radius 3 is 2.58 bits per heavy atom. The minimum Gasteiger partial charge on any atom is -0.285 e. The predicted molar refractivity (Wildman–Crippen MR) is 50.4 cm³/mol. The first kappa shape index (κ1) is 7.55. The molecule has 0 fully saturated rings. The molecule has 0 aliphatic carbocycles. The van der Waals surface area contributed by atoms with Crippen molar-refractivity contribution < 1.29 is 4.79 Å². The lowest BCUT2D eigenvalue weighted by Crippen LogP contribution is -1.91. The summed E-state index contributed by atoms with van der Waals surface area (Å²) in [4.78, 5) is 15.0. The van der Waals surface area contributed by atoms with Gasteiger partial charge in [-0.1, -0.05) is 30.3 Å². The van der Waals surface area contributed by atoms with Gasteiger partial charge in [-0.15, -0.1) is 0 Å². The summed E-state index contributed by atoms with van der Waals surface area (Å²) >= 11 is 1.23. The molecule has 0 unspecified atom stereocenters. The van der Waals surface area contributed by atoms with E-state index in [9.17, 15) is 4.79 Å². The number of carbonyl (C=O) groups is 1. The van der Waals surface area contributed by atoms with Gasteiger partial charge in [0, 0.05) is 5.56 Å². The third-order valence-electron chi connectivity index (χ3n) is 1.58. The average molecular weight is 177 g/mol. The van der Waals surface area contributed by atoms with Gasteiger partial charge in [-0.25, -0.2) is 0 Å². The van der Waals surface area contributed by atoms with Crippen LogP contribution in [0, 0.1) is 0 Å². The molecule has 0 radical (unpaired) electrons. The largest absolute Gasteiger partial charge is 0.285 e. The predicted octanol–water partition coefficient (Wildman–Crippen LogP) is 1.71. The van der Waals surface area contributed by atoms with Gasteiger partial charge in [0.2, 0.25) is 5.12 Å². The van der Waals surface area contributed by atoms with Gasteiger partial charge in [0.05, 0.1) is 0 Å². The van der Waals surface area contributed by atoms with Crippen LogP contribution >= 0.6 is 11.8 Å². The number of benzene rings is 1. The zero-order valence-corrected chi connectivity index (χ0v) is 7.17. The van der Waals surface area contributed by atoms with Gasteiger partial charge in [-0.3, -0.25) is 9.79 Å². The fourth-order valence-electron chi connectivity index (χ4n) is 1.04. The summed E-state index contributed by atoms with van der Waals surface area (Å²) in [7, 11) is 0. The lowest BCUT2D eigenvalue weighted by atomic mass is 10.2. The maximum absolute atomic E-state index is 10.9. The van der Waals surface area contributed by atoms with E-state index in [1.165, 1.54) is 11.8 Å². The van der Waals surface area contributed by atoms with Crippen LogP contribution in [0.4, 0.5) is 0 Å². The zero-order valence-electron chi connectivity index (χ0n) is 6.36. The number of aliphatic imine (C=N–C) groups is 1. The summed E-state index contributed by atoms with van der Waals surface area (Å²) in [6.07, 6.45) is 0. The smallest absolute Gasteiger partial charge is 0.216 e. The van der Waals surface area contributed by atoms with Crippen molar-refractivity contribution >= 4 is 21.9 Å². The highest BCUT2D eigenvalue weighted by Crippen LogP contribution is 2.19. The molecule has 0 saturated carbocycles. The zero-order chi connectivity index (χ0) is 8.39. The summed E-state index contributed by atoms with van der Waals surface area (Å²) in [5, 5.41) is 0.981. The number of hydrogen-bond acceptors (Lipinski definition) is 3. The second-order valence-electron chi connectivity index (χ2n) is 2.46. The molecule has 12 heavy (non-hydrogen) atoms. The van der Waals surface area contributed by atoms with Crippen molar-refractivity contribution in [3.05, 3.63) is 35.9 Å². The normalized spacial score (nSPS) is 16.3. The van der Waals surface area contributed by atoms with Gasteiger partial charge < -0.3 is 0 Å². The van der Waals surface area contributed by atoms with E-state index in [1.807, 2.05) is 30.3 Å². The first-order chi connectivity index (χ1) is 5.86. The minimum absolute atomic E-state index is 0.133. The third-order valence-corrected chi connectivity index (χ3v) is 2.50. The van der Waals surface area contributed by atoms with E-state index in [0.29, 0.717) is 6.54 Å². The van der Waals surface area contributed by atoms with E-state index < -0.39 is 0 Å². The highest BCUT2D eigenvalue weighted by Gasteiger charge is 2.16. The Labute approximate surface area is 74.7 Å². The van der Waals surface area contributed by atoms with Crippen molar-refractivity contribution in [1.82, 2.24) is 0 Å². The average Bonchev–Trinajstić information content (AvgIpc) is 2.54. The molecule has 1 heterocycles. The van der Waals surface area contributed by atoms with E-state index in [-0.39, 0.29) is 5.12 Å². The highest BCUT2D eigenvalue weighted by molar-refractivity contribution is 8.27. The number of nitrogens with zero attached hydrogens (tertiary/aromatic N) is 1. The molecule has 0 aromatic heterocycles. The number of rotatable bonds is 1. The Balaban J connectivity index is 2.28. The quantitative estimate of drug-likeness (QED) is 0.653. The van der Waals surface area contributed by atoms with Crippen LogP contribution in [0.1, 0.15) is 5.56 Å². The maximum Gasteiger partial charge on any atom is 0.216 e. The van der Waals surface area contributed by atoms with Crippen molar-refractivity contribution in [3.8, 4) is 0 Å². The van der Waals surface area contributed by atoms with Crippen LogP contribution < -0.4 is 0 Å². The molecular formula is C9H7NOS. The van der Waals surface area contributed by atoms with Gasteiger partial charge in [0.15, 0.2) is 0 Å². The summed E-state index contributed by atoms with van der Waals surface area (Å²) in [6.45, 7) is 0.328. The monoisotopic (exact) mass is 177 g/mol. The highest BCUT2D eigenvalue weighted by atomic mass is 32.2. The Hall–Kier alpha value is -1.09. The molecule has 0 atom stereocenters. The van der Waals surface area contributed by atoms with Crippen LogP contribution in [0.2, 0.25) is 0 Å². The van der Waals surface area contributed by atoms with Gasteiger partial charge >= 0.3 is 0 Å². The van der Waals surface area contributed by atoms with Crippen LogP contribution in [0.3, 0.4) is 0 Å². The Bertz CT molecular complexity index is 332. The molecule has 0 saturated heterocycles. The standard InChI is InChI=1S/C9H7NOS/c11-8-6-10-9(12-8)7-4-2-1-3-5-7/h1-5H,6H2. The fourth-order valence-corrected chi connectivity index (χ4v) is 1.77. The second kappa shape index (κ2) is 3.11. The number of hydrogen-bond donors (Lipinski definition) is 0. The Morgan fingerprint density at radius 2 is 2.00 bits per heavy atom. The first-order valence-electron chi connectivity index (χ1n) is 3.67. The number of carbonyl (C=O) groups excluding carboxylic acids is 1.